The van der Waals surface area contributed by atoms with Gasteiger partial charge in [0.1, 0.15) is 12.6 Å². The number of amides is 2. The Morgan fingerprint density at radius 1 is 0.933 bits per heavy atom. The van der Waals surface area contributed by atoms with Gasteiger partial charge in [0.15, 0.2) is 0 Å². The van der Waals surface area contributed by atoms with Gasteiger partial charge in [-0.2, -0.15) is 13.2 Å². The second-order valence-electron chi connectivity index (χ2n) is 11.1. The molecule has 4 rings (SSSR count). The fourth-order valence-corrected chi connectivity index (χ4v) is 6.58. The molecule has 1 saturated carbocycles. The molecule has 0 aliphatic heterocycles. The van der Waals surface area contributed by atoms with Crippen LogP contribution in [0.4, 0.5) is 18.9 Å². The molecule has 242 valence electrons. The van der Waals surface area contributed by atoms with Crippen molar-refractivity contribution < 1.29 is 31.2 Å². The molecule has 13 heteroatoms. The molecular formula is C32H34Cl2F3N3O4S. The van der Waals surface area contributed by atoms with Crippen LogP contribution in [0.3, 0.4) is 0 Å². The SMILES string of the molecule is CS(=O)(=O)N(CC(=O)N(Cc1ccc(Cl)cc1)[C@@H](Cc1ccccc1)C(=O)NC1CCCCC1)c1ccc(Cl)c(C(F)(F)F)c1. The van der Waals surface area contributed by atoms with E-state index >= 15 is 0 Å². The van der Waals surface area contributed by atoms with Crippen molar-refractivity contribution in [2.45, 2.75) is 63.3 Å². The van der Waals surface area contributed by atoms with Crippen molar-refractivity contribution in [3.63, 3.8) is 0 Å². The third kappa shape index (κ3) is 9.61. The average molecular weight is 685 g/mol. The first-order valence-electron chi connectivity index (χ1n) is 14.4. The van der Waals surface area contributed by atoms with Gasteiger partial charge in [0.2, 0.25) is 21.8 Å². The van der Waals surface area contributed by atoms with Crippen molar-refractivity contribution >= 4 is 50.7 Å². The van der Waals surface area contributed by atoms with Crippen LogP contribution in [0.15, 0.2) is 72.8 Å². The first-order chi connectivity index (χ1) is 21.2. The van der Waals surface area contributed by atoms with E-state index in [4.69, 9.17) is 23.2 Å². The summed E-state index contributed by atoms with van der Waals surface area (Å²) in [5.41, 5.74) is -0.245. The lowest BCUT2D eigenvalue weighted by atomic mass is 9.94. The third-order valence-corrected chi connectivity index (χ3v) is 9.43. The number of hydrogen-bond acceptors (Lipinski definition) is 4. The lowest BCUT2D eigenvalue weighted by Crippen LogP contribution is -2.55. The summed E-state index contributed by atoms with van der Waals surface area (Å²) in [6, 6.07) is 17.2. The highest BCUT2D eigenvalue weighted by Gasteiger charge is 2.37. The minimum Gasteiger partial charge on any atom is -0.352 e. The summed E-state index contributed by atoms with van der Waals surface area (Å²) in [7, 11) is -4.27. The van der Waals surface area contributed by atoms with Gasteiger partial charge in [-0.1, -0.05) is 84.9 Å². The smallest absolute Gasteiger partial charge is 0.352 e. The summed E-state index contributed by atoms with van der Waals surface area (Å²) < 4.78 is 67.5. The van der Waals surface area contributed by atoms with Gasteiger partial charge >= 0.3 is 6.18 Å². The van der Waals surface area contributed by atoms with E-state index in [0.717, 1.165) is 56.1 Å². The summed E-state index contributed by atoms with van der Waals surface area (Å²) in [4.78, 5) is 29.4. The molecule has 2 amide bonds. The topological polar surface area (TPSA) is 86.8 Å². The molecule has 1 aliphatic carbocycles. The summed E-state index contributed by atoms with van der Waals surface area (Å²) in [6.07, 6.45) is 0.656. The number of benzene rings is 3. The van der Waals surface area contributed by atoms with Crippen LogP contribution in [0.5, 0.6) is 0 Å². The van der Waals surface area contributed by atoms with Gasteiger partial charge in [0.25, 0.3) is 0 Å². The molecule has 1 N–H and O–H groups in total. The fourth-order valence-electron chi connectivity index (χ4n) is 5.38. The molecular weight excluding hydrogens is 650 g/mol. The van der Waals surface area contributed by atoms with E-state index in [9.17, 15) is 31.2 Å². The second kappa shape index (κ2) is 14.9. The van der Waals surface area contributed by atoms with Crippen LogP contribution in [0.25, 0.3) is 0 Å². The van der Waals surface area contributed by atoms with E-state index in [2.05, 4.69) is 5.32 Å². The summed E-state index contributed by atoms with van der Waals surface area (Å²) >= 11 is 11.8. The highest BCUT2D eigenvalue weighted by atomic mass is 35.5. The highest BCUT2D eigenvalue weighted by Crippen LogP contribution is 2.37. The Labute approximate surface area is 271 Å². The highest BCUT2D eigenvalue weighted by molar-refractivity contribution is 7.92. The maximum atomic E-state index is 14.2. The zero-order valence-corrected chi connectivity index (χ0v) is 26.9. The van der Waals surface area contributed by atoms with Gasteiger partial charge in [0.05, 0.1) is 22.5 Å². The van der Waals surface area contributed by atoms with Crippen LogP contribution in [0.2, 0.25) is 10.0 Å². The zero-order chi connectivity index (χ0) is 32.8. The first-order valence-corrected chi connectivity index (χ1v) is 17.1. The number of nitrogens with zero attached hydrogens (tertiary/aromatic N) is 2. The quantitative estimate of drug-likeness (QED) is 0.239. The normalized spacial score (nSPS) is 14.9. The number of sulfonamides is 1. The van der Waals surface area contributed by atoms with Crippen molar-refractivity contribution in [1.82, 2.24) is 10.2 Å². The molecule has 45 heavy (non-hydrogen) atoms. The predicted molar refractivity (Wildman–Crippen MR) is 170 cm³/mol. The number of halogens is 5. The van der Waals surface area contributed by atoms with Crippen LogP contribution in [-0.2, 0) is 38.8 Å². The molecule has 0 radical (unpaired) electrons. The Hall–Kier alpha value is -3.28. The lowest BCUT2D eigenvalue weighted by molar-refractivity contribution is -0.140. The Morgan fingerprint density at radius 3 is 2.18 bits per heavy atom. The Balaban J connectivity index is 1.75. The minimum absolute atomic E-state index is 0.0700. The van der Waals surface area contributed by atoms with Crippen molar-refractivity contribution in [2.75, 3.05) is 17.1 Å². The van der Waals surface area contributed by atoms with E-state index in [-0.39, 0.29) is 24.7 Å². The van der Waals surface area contributed by atoms with Gasteiger partial charge in [-0.15, -0.1) is 0 Å². The summed E-state index contributed by atoms with van der Waals surface area (Å²) in [5, 5.41) is 2.93. The van der Waals surface area contributed by atoms with Crippen molar-refractivity contribution in [1.29, 1.82) is 0 Å². The number of nitrogens with one attached hydrogen (secondary N) is 1. The minimum atomic E-state index is -4.86. The standard InChI is InChI=1S/C32H34Cl2F3N3O4S/c1-45(43,44)40(26-16-17-28(34)27(19-26)32(35,36)37)21-30(41)39(20-23-12-14-24(33)15-13-23)29(18-22-8-4-2-5-9-22)31(42)38-25-10-6-3-7-11-25/h2,4-5,8-9,12-17,19,25,29H,3,6-7,10-11,18,20-21H2,1H3,(H,38,42)/t29-/m0/s1. The lowest BCUT2D eigenvalue weighted by Gasteiger charge is -2.35. The second-order valence-corrected chi connectivity index (χ2v) is 13.9. The van der Waals surface area contributed by atoms with Crippen molar-refractivity contribution in [3.05, 3.63) is 99.5 Å². The average Bonchev–Trinajstić information content (AvgIpc) is 2.99. The number of alkyl halides is 3. The van der Waals surface area contributed by atoms with Gasteiger partial charge in [0, 0.05) is 24.0 Å². The van der Waals surface area contributed by atoms with E-state index in [0.29, 0.717) is 21.0 Å². The molecule has 0 unspecified atom stereocenters. The van der Waals surface area contributed by atoms with Gasteiger partial charge < -0.3 is 10.2 Å². The first kappa shape index (κ1) is 34.6. The Kier molecular flexibility index (Phi) is 11.4. The molecule has 3 aromatic rings. The van der Waals surface area contributed by atoms with Crippen LogP contribution in [0, 0.1) is 0 Å². The molecule has 0 saturated heterocycles. The van der Waals surface area contributed by atoms with Crippen LogP contribution < -0.4 is 9.62 Å². The number of hydrogen-bond donors (Lipinski definition) is 1. The van der Waals surface area contributed by atoms with E-state index in [1.54, 1.807) is 36.4 Å². The molecule has 0 heterocycles. The maximum absolute atomic E-state index is 14.2. The number of carbonyl (C=O) groups excluding carboxylic acids is 2. The number of anilines is 1. The fraction of sp³-hybridized carbons (Fsp3) is 0.375. The maximum Gasteiger partial charge on any atom is 0.417 e. The Bertz CT molecular complexity index is 1580. The van der Waals surface area contributed by atoms with Gasteiger partial charge in [-0.3, -0.25) is 13.9 Å². The molecule has 0 bridgehead atoms. The molecule has 0 aromatic heterocycles. The number of carbonyl (C=O) groups is 2. The van der Waals surface area contributed by atoms with Crippen LogP contribution in [0.1, 0.15) is 48.8 Å². The van der Waals surface area contributed by atoms with Crippen LogP contribution in [-0.4, -0.2) is 50.0 Å². The van der Waals surface area contributed by atoms with Gasteiger partial charge in [-0.05, 0) is 54.3 Å². The van der Waals surface area contributed by atoms with E-state index in [1.165, 1.54) is 4.90 Å². The molecule has 7 nitrogen and oxygen atoms in total. The van der Waals surface area contributed by atoms with Crippen molar-refractivity contribution in [2.24, 2.45) is 0 Å². The molecule has 0 spiro atoms. The summed E-state index contributed by atoms with van der Waals surface area (Å²) in [6.45, 7) is -0.940. The number of rotatable bonds is 11. The monoisotopic (exact) mass is 683 g/mol. The molecule has 3 aromatic carbocycles. The van der Waals surface area contributed by atoms with Gasteiger partial charge in [-0.25, -0.2) is 8.42 Å². The van der Waals surface area contributed by atoms with E-state index < -0.39 is 51.2 Å². The predicted octanol–water partition coefficient (Wildman–Crippen LogP) is 6.87. The largest absolute Gasteiger partial charge is 0.417 e. The summed E-state index contributed by atoms with van der Waals surface area (Å²) in [5.74, 6) is -1.18. The molecule has 1 atom stereocenters. The Morgan fingerprint density at radius 2 is 1.58 bits per heavy atom. The van der Waals surface area contributed by atoms with Crippen LogP contribution >= 0.6 is 23.2 Å². The molecule has 1 fully saturated rings. The van der Waals surface area contributed by atoms with E-state index in [1.807, 2.05) is 18.2 Å². The third-order valence-electron chi connectivity index (χ3n) is 7.71. The molecule has 1 aliphatic rings. The van der Waals surface area contributed by atoms with Crippen molar-refractivity contribution in [3.8, 4) is 0 Å². The zero-order valence-electron chi connectivity index (χ0n) is 24.6.